The minimum atomic E-state index is -0.323. The fourth-order valence-corrected chi connectivity index (χ4v) is 3.12. The number of benzene rings is 1. The largest absolute Gasteiger partial charge is 0.497 e. The van der Waals surface area contributed by atoms with E-state index in [0.29, 0.717) is 31.6 Å². The van der Waals surface area contributed by atoms with Gasteiger partial charge in [-0.3, -0.25) is 19.0 Å². The number of piperidine rings is 1. The number of aromatic nitrogens is 2. The lowest BCUT2D eigenvalue weighted by atomic mass is 9.96. The summed E-state index contributed by atoms with van der Waals surface area (Å²) in [7, 11) is 1.59. The van der Waals surface area contributed by atoms with E-state index in [9.17, 15) is 14.4 Å². The summed E-state index contributed by atoms with van der Waals surface area (Å²) in [5, 5.41) is 0. The number of carbonyl (C=O) groups is 2. The van der Waals surface area contributed by atoms with E-state index in [0.717, 1.165) is 11.3 Å². The van der Waals surface area contributed by atoms with Gasteiger partial charge in [0.2, 0.25) is 11.8 Å². The van der Waals surface area contributed by atoms with Crippen LogP contribution < -0.4 is 16.0 Å². The first-order valence-electron chi connectivity index (χ1n) is 8.76. The molecule has 1 saturated heterocycles. The number of carbonyl (C=O) groups excluding carboxylic acids is 2. The number of likely N-dealkylation sites (tertiary alicyclic amines) is 1. The number of amides is 2. The van der Waals surface area contributed by atoms with Gasteiger partial charge < -0.3 is 15.4 Å². The van der Waals surface area contributed by atoms with Gasteiger partial charge in [0, 0.05) is 30.6 Å². The summed E-state index contributed by atoms with van der Waals surface area (Å²) in [6, 6.07) is 8.63. The monoisotopic (exact) mass is 370 g/mol. The van der Waals surface area contributed by atoms with Crippen LogP contribution in [0, 0.1) is 5.92 Å². The maximum Gasteiger partial charge on any atom is 0.254 e. The average Bonchev–Trinajstić information content (AvgIpc) is 2.69. The van der Waals surface area contributed by atoms with Crippen LogP contribution >= 0.6 is 0 Å². The number of hydrogen-bond donors (Lipinski definition) is 1. The molecule has 0 saturated carbocycles. The van der Waals surface area contributed by atoms with Gasteiger partial charge in [0.1, 0.15) is 12.3 Å². The molecule has 2 heterocycles. The highest BCUT2D eigenvalue weighted by Crippen LogP contribution is 2.19. The minimum Gasteiger partial charge on any atom is -0.497 e. The molecule has 2 N–H and O–H groups in total. The molecule has 0 bridgehead atoms. The van der Waals surface area contributed by atoms with Crippen molar-refractivity contribution in [2.24, 2.45) is 11.7 Å². The third-order valence-electron chi connectivity index (χ3n) is 4.82. The first-order valence-corrected chi connectivity index (χ1v) is 8.76. The number of hydrogen-bond acceptors (Lipinski definition) is 5. The van der Waals surface area contributed by atoms with Gasteiger partial charge in [-0.2, -0.15) is 0 Å². The van der Waals surface area contributed by atoms with Crippen molar-refractivity contribution in [2.45, 2.75) is 19.4 Å². The van der Waals surface area contributed by atoms with Crippen molar-refractivity contribution < 1.29 is 14.3 Å². The summed E-state index contributed by atoms with van der Waals surface area (Å²) in [6.07, 6.45) is 2.51. The van der Waals surface area contributed by atoms with Crippen molar-refractivity contribution in [2.75, 3.05) is 20.2 Å². The lowest BCUT2D eigenvalue weighted by Crippen LogP contribution is -2.43. The highest BCUT2D eigenvalue weighted by Gasteiger charge is 2.26. The van der Waals surface area contributed by atoms with Crippen LogP contribution in [0.2, 0.25) is 0 Å². The fraction of sp³-hybridized carbons (Fsp3) is 0.368. The van der Waals surface area contributed by atoms with Crippen molar-refractivity contribution >= 4 is 11.8 Å². The van der Waals surface area contributed by atoms with E-state index in [1.165, 1.54) is 17.0 Å². The second-order valence-electron chi connectivity index (χ2n) is 6.53. The molecule has 0 atom stereocenters. The maximum absolute atomic E-state index is 12.4. The van der Waals surface area contributed by atoms with Gasteiger partial charge in [0.05, 0.1) is 19.1 Å². The quantitative estimate of drug-likeness (QED) is 0.831. The molecule has 8 nitrogen and oxygen atoms in total. The first kappa shape index (κ1) is 18.6. The molecule has 3 rings (SSSR count). The summed E-state index contributed by atoms with van der Waals surface area (Å²) in [5.74, 6) is 0.0515. The smallest absolute Gasteiger partial charge is 0.254 e. The number of nitrogens with two attached hydrogens (primary N) is 1. The topological polar surface area (TPSA) is 108 Å². The number of nitrogens with zero attached hydrogens (tertiary/aromatic N) is 3. The van der Waals surface area contributed by atoms with E-state index >= 15 is 0 Å². The van der Waals surface area contributed by atoms with Crippen molar-refractivity contribution in [1.82, 2.24) is 14.5 Å². The number of ether oxygens (including phenoxy) is 1. The molecule has 2 amide bonds. The van der Waals surface area contributed by atoms with Crippen molar-refractivity contribution in [1.29, 1.82) is 0 Å². The lowest BCUT2D eigenvalue weighted by molar-refractivity contribution is -0.135. The van der Waals surface area contributed by atoms with Crippen LogP contribution in [0.1, 0.15) is 12.8 Å². The van der Waals surface area contributed by atoms with Gasteiger partial charge in [-0.25, -0.2) is 4.98 Å². The van der Waals surface area contributed by atoms with Crippen LogP contribution in [0.3, 0.4) is 0 Å². The van der Waals surface area contributed by atoms with Gasteiger partial charge >= 0.3 is 0 Å². The van der Waals surface area contributed by atoms with Gasteiger partial charge in [0.25, 0.3) is 5.56 Å². The molecule has 27 heavy (non-hydrogen) atoms. The zero-order chi connectivity index (χ0) is 19.4. The molecule has 1 aromatic carbocycles. The summed E-state index contributed by atoms with van der Waals surface area (Å²) < 4.78 is 6.40. The second-order valence-corrected chi connectivity index (χ2v) is 6.53. The van der Waals surface area contributed by atoms with E-state index in [1.54, 1.807) is 24.1 Å². The predicted molar refractivity (Wildman–Crippen MR) is 99.0 cm³/mol. The average molecular weight is 370 g/mol. The molecular weight excluding hydrogens is 348 g/mol. The third-order valence-corrected chi connectivity index (χ3v) is 4.82. The fourth-order valence-electron chi connectivity index (χ4n) is 3.12. The van der Waals surface area contributed by atoms with Crippen LogP contribution in [-0.4, -0.2) is 46.5 Å². The van der Waals surface area contributed by atoms with Crippen molar-refractivity contribution in [3.8, 4) is 17.0 Å². The molecule has 142 valence electrons. The van der Waals surface area contributed by atoms with Gasteiger partial charge in [-0.05, 0) is 37.1 Å². The van der Waals surface area contributed by atoms with Crippen LogP contribution in [-0.2, 0) is 16.1 Å². The predicted octanol–water partition coefficient (Wildman–Crippen LogP) is 0.643. The minimum absolute atomic E-state index is 0.0734. The molecule has 1 fully saturated rings. The molecule has 1 aromatic heterocycles. The highest BCUT2D eigenvalue weighted by atomic mass is 16.5. The number of primary amides is 1. The Bertz CT molecular complexity index is 883. The van der Waals surface area contributed by atoms with Crippen LogP contribution in [0.4, 0.5) is 0 Å². The lowest BCUT2D eigenvalue weighted by Gasteiger charge is -2.30. The molecule has 1 aliphatic heterocycles. The summed E-state index contributed by atoms with van der Waals surface area (Å²) >= 11 is 0. The Labute approximate surface area is 156 Å². The SMILES string of the molecule is COc1ccc(-c2cc(=O)n(CC(=O)N3CCC(C(N)=O)CC3)cn2)cc1. The molecule has 0 unspecified atom stereocenters. The van der Waals surface area contributed by atoms with Crippen LogP contribution in [0.5, 0.6) is 5.75 Å². The van der Waals surface area contributed by atoms with E-state index in [1.807, 2.05) is 12.1 Å². The Balaban J connectivity index is 1.66. The van der Waals surface area contributed by atoms with Crippen LogP contribution in [0.25, 0.3) is 11.3 Å². The maximum atomic E-state index is 12.4. The zero-order valence-electron chi connectivity index (χ0n) is 15.1. The second kappa shape index (κ2) is 8.03. The summed E-state index contributed by atoms with van der Waals surface area (Å²) in [6.45, 7) is 0.868. The van der Waals surface area contributed by atoms with E-state index in [-0.39, 0.29) is 29.8 Å². The summed E-state index contributed by atoms with van der Waals surface area (Å²) in [5.41, 5.74) is 6.34. The Hall–Kier alpha value is -3.16. The normalized spacial score (nSPS) is 14.8. The molecule has 8 heteroatoms. The molecule has 1 aliphatic rings. The Morgan fingerprint density at radius 3 is 2.44 bits per heavy atom. The molecule has 0 radical (unpaired) electrons. The number of rotatable bonds is 5. The standard InChI is InChI=1S/C19H22N4O4/c1-27-15-4-2-13(3-5-15)16-10-17(24)23(12-21-16)11-18(25)22-8-6-14(7-9-22)19(20)26/h2-5,10,12,14H,6-9,11H2,1H3,(H2,20,26). The highest BCUT2D eigenvalue weighted by molar-refractivity contribution is 5.78. The molecule has 0 spiro atoms. The van der Waals surface area contributed by atoms with Crippen LogP contribution in [0.15, 0.2) is 41.5 Å². The Kier molecular flexibility index (Phi) is 5.54. The molecular formula is C19H22N4O4. The van der Waals surface area contributed by atoms with E-state index in [2.05, 4.69) is 4.98 Å². The van der Waals surface area contributed by atoms with E-state index < -0.39 is 0 Å². The molecule has 0 aliphatic carbocycles. The summed E-state index contributed by atoms with van der Waals surface area (Å²) in [4.78, 5) is 41.9. The zero-order valence-corrected chi connectivity index (χ0v) is 15.1. The van der Waals surface area contributed by atoms with E-state index in [4.69, 9.17) is 10.5 Å². The molecule has 2 aromatic rings. The van der Waals surface area contributed by atoms with Gasteiger partial charge in [0.15, 0.2) is 0 Å². The first-order chi connectivity index (χ1) is 13.0. The van der Waals surface area contributed by atoms with Gasteiger partial charge in [-0.1, -0.05) is 0 Å². The Morgan fingerprint density at radius 2 is 1.89 bits per heavy atom. The van der Waals surface area contributed by atoms with Gasteiger partial charge in [-0.15, -0.1) is 0 Å². The third kappa shape index (κ3) is 4.33. The Morgan fingerprint density at radius 1 is 1.22 bits per heavy atom. The van der Waals surface area contributed by atoms with Crippen molar-refractivity contribution in [3.63, 3.8) is 0 Å². The van der Waals surface area contributed by atoms with Crippen molar-refractivity contribution in [3.05, 3.63) is 47.0 Å². The number of methoxy groups -OCH3 is 1.